The van der Waals surface area contributed by atoms with Crippen LogP contribution in [0.3, 0.4) is 0 Å². The molecule has 0 radical (unpaired) electrons. The molecule has 2 heterocycles. The summed E-state index contributed by atoms with van der Waals surface area (Å²) >= 11 is 0. The fourth-order valence-corrected chi connectivity index (χ4v) is 3.86. The Hall–Kier alpha value is -2.43. The molecule has 1 aromatic heterocycles. The average Bonchev–Trinajstić information content (AvgIpc) is 3.23. The molecule has 1 aromatic carbocycles. The number of nitrogens with zero attached hydrogens (tertiary/aromatic N) is 3. The van der Waals surface area contributed by atoms with E-state index in [1.807, 2.05) is 30.3 Å². The number of piperazine rings is 1. The normalized spacial score (nSPS) is 16.9. The van der Waals surface area contributed by atoms with Gasteiger partial charge in [-0.2, -0.15) is 12.7 Å². The third-order valence-electron chi connectivity index (χ3n) is 4.45. The lowest BCUT2D eigenvalue weighted by molar-refractivity contribution is 0.167. The molecule has 146 valence electrons. The van der Waals surface area contributed by atoms with E-state index in [1.165, 1.54) is 17.6 Å². The van der Waals surface area contributed by atoms with Gasteiger partial charge in [-0.15, -0.1) is 0 Å². The number of benzene rings is 1. The Balaban J connectivity index is 1.63. The van der Waals surface area contributed by atoms with Gasteiger partial charge in [0.2, 0.25) is 5.89 Å². The van der Waals surface area contributed by atoms with Crippen molar-refractivity contribution in [2.45, 2.75) is 12.5 Å². The van der Waals surface area contributed by atoms with Crippen LogP contribution in [0, 0.1) is 0 Å². The van der Waals surface area contributed by atoms with Crippen LogP contribution in [-0.2, 0) is 16.6 Å². The van der Waals surface area contributed by atoms with Crippen LogP contribution in [0.25, 0.3) is 0 Å². The number of urea groups is 1. The van der Waals surface area contributed by atoms with E-state index in [2.05, 4.69) is 15.0 Å². The van der Waals surface area contributed by atoms with Crippen LogP contribution >= 0.6 is 0 Å². The molecule has 2 N–H and O–H groups in total. The summed E-state index contributed by atoms with van der Waals surface area (Å²) in [6.07, 6.45) is 3.56. The zero-order chi connectivity index (χ0) is 19.3. The molecule has 2 aromatic rings. The third kappa shape index (κ3) is 4.85. The van der Waals surface area contributed by atoms with E-state index in [-0.39, 0.29) is 19.1 Å². The molecule has 27 heavy (non-hydrogen) atoms. The molecule has 9 nitrogen and oxygen atoms in total. The summed E-state index contributed by atoms with van der Waals surface area (Å²) in [6.45, 7) is 1.13. The van der Waals surface area contributed by atoms with Gasteiger partial charge >= 0.3 is 6.03 Å². The van der Waals surface area contributed by atoms with Gasteiger partial charge in [0.25, 0.3) is 10.2 Å². The molecule has 3 rings (SSSR count). The summed E-state index contributed by atoms with van der Waals surface area (Å²) in [7, 11) is -2.10. The van der Waals surface area contributed by atoms with Crippen molar-refractivity contribution >= 4 is 16.2 Å². The highest BCUT2D eigenvalue weighted by Gasteiger charge is 2.29. The van der Waals surface area contributed by atoms with Crippen LogP contribution in [0.2, 0.25) is 0 Å². The number of aromatic nitrogens is 1. The summed E-state index contributed by atoms with van der Waals surface area (Å²) in [6, 6.07) is 9.08. The van der Waals surface area contributed by atoms with Gasteiger partial charge in [0.1, 0.15) is 12.3 Å². The van der Waals surface area contributed by atoms with Gasteiger partial charge in [-0.1, -0.05) is 30.3 Å². The number of nitrogens with one attached hydrogen (secondary N) is 2. The average molecular weight is 393 g/mol. The molecule has 0 bridgehead atoms. The Morgan fingerprint density at radius 2 is 1.93 bits per heavy atom. The van der Waals surface area contributed by atoms with Gasteiger partial charge < -0.3 is 14.6 Å². The van der Waals surface area contributed by atoms with Gasteiger partial charge in [-0.05, 0) is 5.56 Å². The molecule has 1 unspecified atom stereocenters. The number of amides is 2. The van der Waals surface area contributed by atoms with E-state index < -0.39 is 16.3 Å². The number of carbonyl (C=O) groups is 1. The summed E-state index contributed by atoms with van der Waals surface area (Å²) < 4.78 is 32.7. The molecule has 1 atom stereocenters. The molecule has 1 aliphatic heterocycles. The first-order valence-electron chi connectivity index (χ1n) is 8.67. The topological polar surface area (TPSA) is 108 Å². The van der Waals surface area contributed by atoms with E-state index in [0.717, 1.165) is 5.56 Å². The number of carbonyl (C=O) groups excluding carboxylic acids is 1. The zero-order valence-electron chi connectivity index (χ0n) is 15.0. The van der Waals surface area contributed by atoms with E-state index in [1.54, 1.807) is 11.1 Å². The van der Waals surface area contributed by atoms with Crippen molar-refractivity contribution in [3.63, 3.8) is 0 Å². The summed E-state index contributed by atoms with van der Waals surface area (Å²) in [5.41, 5.74) is 1.05. The minimum Gasteiger partial charge on any atom is -0.447 e. The smallest absolute Gasteiger partial charge is 0.318 e. The Morgan fingerprint density at radius 3 is 2.52 bits per heavy atom. The predicted octanol–water partition coefficient (Wildman–Crippen LogP) is 0.750. The Labute approximate surface area is 158 Å². The lowest BCUT2D eigenvalue weighted by Gasteiger charge is -2.34. The third-order valence-corrected chi connectivity index (χ3v) is 6.01. The summed E-state index contributed by atoms with van der Waals surface area (Å²) in [4.78, 5) is 18.5. The van der Waals surface area contributed by atoms with Gasteiger partial charge in [0.05, 0.1) is 6.20 Å². The van der Waals surface area contributed by atoms with Gasteiger partial charge in [0, 0.05) is 39.6 Å². The first-order chi connectivity index (χ1) is 13.0. The molecular formula is C17H23N5O4S. The minimum absolute atomic E-state index is 0.249. The highest BCUT2D eigenvalue weighted by molar-refractivity contribution is 7.87. The molecule has 2 amide bonds. The van der Waals surface area contributed by atoms with Crippen LogP contribution in [0.4, 0.5) is 4.79 Å². The fraction of sp³-hybridized carbons (Fsp3) is 0.412. The monoisotopic (exact) mass is 393 g/mol. The first-order valence-corrected chi connectivity index (χ1v) is 10.1. The molecule has 0 saturated carbocycles. The standard InChI is InChI=1S/C17H23N5O4S/c1-18-27(24,25)22-10-8-21(9-11-22)17(23)20-15(16-19-7-12-26-16)13-14-5-3-2-4-6-14/h2-7,12,15,18H,8-11,13H2,1H3,(H,20,23). The second kappa shape index (κ2) is 8.51. The number of hydrogen-bond acceptors (Lipinski definition) is 5. The molecule has 0 aliphatic carbocycles. The molecule has 0 spiro atoms. The van der Waals surface area contributed by atoms with E-state index in [0.29, 0.717) is 25.4 Å². The predicted molar refractivity (Wildman–Crippen MR) is 99.0 cm³/mol. The minimum atomic E-state index is -3.47. The second-order valence-electron chi connectivity index (χ2n) is 6.16. The number of oxazole rings is 1. The Morgan fingerprint density at radius 1 is 1.22 bits per heavy atom. The number of hydrogen-bond donors (Lipinski definition) is 2. The van der Waals surface area contributed by atoms with Crippen molar-refractivity contribution in [2.75, 3.05) is 33.2 Å². The van der Waals surface area contributed by atoms with Crippen LogP contribution in [-0.4, -0.2) is 61.9 Å². The maximum atomic E-state index is 12.7. The van der Waals surface area contributed by atoms with Gasteiger partial charge in [-0.3, -0.25) is 0 Å². The van der Waals surface area contributed by atoms with Crippen molar-refractivity contribution in [3.8, 4) is 0 Å². The quantitative estimate of drug-likeness (QED) is 0.753. The lowest BCUT2D eigenvalue weighted by Crippen LogP contribution is -2.55. The van der Waals surface area contributed by atoms with Crippen molar-refractivity contribution in [1.82, 2.24) is 24.2 Å². The lowest BCUT2D eigenvalue weighted by atomic mass is 10.1. The van der Waals surface area contributed by atoms with Crippen LogP contribution in [0.1, 0.15) is 17.5 Å². The largest absolute Gasteiger partial charge is 0.447 e. The maximum absolute atomic E-state index is 12.7. The Kier molecular flexibility index (Phi) is 6.09. The van der Waals surface area contributed by atoms with Crippen LogP contribution in [0.5, 0.6) is 0 Å². The van der Waals surface area contributed by atoms with Crippen LogP contribution < -0.4 is 10.0 Å². The molecule has 1 saturated heterocycles. The highest BCUT2D eigenvalue weighted by Crippen LogP contribution is 2.18. The van der Waals surface area contributed by atoms with Gasteiger partial charge in [0.15, 0.2) is 0 Å². The molecule has 1 fully saturated rings. The van der Waals surface area contributed by atoms with Crippen molar-refractivity contribution < 1.29 is 17.6 Å². The van der Waals surface area contributed by atoms with Gasteiger partial charge in [-0.25, -0.2) is 14.5 Å². The summed E-state index contributed by atoms with van der Waals surface area (Å²) in [5, 5.41) is 2.95. The molecule has 10 heteroatoms. The van der Waals surface area contributed by atoms with E-state index in [4.69, 9.17) is 4.42 Å². The summed E-state index contributed by atoms with van der Waals surface area (Å²) in [5.74, 6) is 0.434. The highest BCUT2D eigenvalue weighted by atomic mass is 32.2. The second-order valence-corrected chi connectivity index (χ2v) is 8.03. The number of rotatable bonds is 6. The fourth-order valence-electron chi connectivity index (χ4n) is 2.96. The van der Waals surface area contributed by atoms with Crippen molar-refractivity contribution in [2.24, 2.45) is 0 Å². The molecule has 1 aliphatic rings. The van der Waals surface area contributed by atoms with Crippen LogP contribution in [0.15, 0.2) is 47.2 Å². The van der Waals surface area contributed by atoms with Crippen molar-refractivity contribution in [3.05, 3.63) is 54.2 Å². The van der Waals surface area contributed by atoms with Crippen molar-refractivity contribution in [1.29, 1.82) is 0 Å². The SMILES string of the molecule is CNS(=O)(=O)N1CCN(C(=O)NC(Cc2ccccc2)c2ncco2)CC1. The maximum Gasteiger partial charge on any atom is 0.318 e. The Bertz CT molecular complexity index is 833. The van der Waals surface area contributed by atoms with E-state index >= 15 is 0 Å². The zero-order valence-corrected chi connectivity index (χ0v) is 15.9. The molecular weight excluding hydrogens is 370 g/mol. The van der Waals surface area contributed by atoms with E-state index in [9.17, 15) is 13.2 Å². The first kappa shape index (κ1) is 19.3.